The second kappa shape index (κ2) is 4.93. The van der Waals surface area contributed by atoms with Crippen LogP contribution in [0.4, 0.5) is 0 Å². The molecule has 0 aliphatic rings. The van der Waals surface area contributed by atoms with E-state index in [0.717, 1.165) is 21.5 Å². The highest BCUT2D eigenvalue weighted by Gasteiger charge is 2.09. The first-order valence-corrected chi connectivity index (χ1v) is 7.26. The van der Waals surface area contributed by atoms with E-state index in [1.54, 1.807) is 10.9 Å². The van der Waals surface area contributed by atoms with Gasteiger partial charge in [0.25, 0.3) is 0 Å². The van der Waals surface area contributed by atoms with Crippen LogP contribution in [-0.2, 0) is 23.6 Å². The Hall–Kier alpha value is -2.01. The average Bonchev–Trinajstić information content (AvgIpc) is 2.84. The highest BCUT2D eigenvalue weighted by Crippen LogP contribution is 2.19. The summed E-state index contributed by atoms with van der Waals surface area (Å²) in [5.41, 5.74) is 0. The smallest absolute Gasteiger partial charge is 0.145 e. The third kappa shape index (κ3) is 2.42. The van der Waals surface area contributed by atoms with Crippen LogP contribution in [0.3, 0.4) is 0 Å². The van der Waals surface area contributed by atoms with Gasteiger partial charge in [-0.25, -0.2) is 0 Å². The van der Waals surface area contributed by atoms with Crippen LogP contribution >= 0.6 is 0 Å². The number of fused-ring (bicyclic) bond motifs is 1. The van der Waals surface area contributed by atoms with Gasteiger partial charge in [0.05, 0.1) is 16.6 Å². The topological polar surface area (TPSA) is 47.8 Å². The van der Waals surface area contributed by atoms with E-state index in [0.29, 0.717) is 5.75 Å². The molecule has 1 atom stereocenters. The Kier molecular flexibility index (Phi) is 3.13. The van der Waals surface area contributed by atoms with E-state index >= 15 is 0 Å². The SMILES string of the molecule is Cn1cnnc1C[S@@](=O)c1ccc2ccccc2c1. The van der Waals surface area contributed by atoms with Crippen LogP contribution in [0.2, 0.25) is 0 Å². The Morgan fingerprint density at radius 1 is 1.16 bits per heavy atom. The van der Waals surface area contributed by atoms with Gasteiger partial charge in [0.2, 0.25) is 0 Å². The third-order valence-corrected chi connectivity index (χ3v) is 4.35. The number of rotatable bonds is 3. The first-order chi connectivity index (χ1) is 9.24. The van der Waals surface area contributed by atoms with E-state index in [2.05, 4.69) is 10.2 Å². The van der Waals surface area contributed by atoms with Gasteiger partial charge in [0.15, 0.2) is 0 Å². The number of nitrogens with zero attached hydrogens (tertiary/aromatic N) is 3. The number of aryl methyl sites for hydroxylation is 1. The fraction of sp³-hybridized carbons (Fsp3) is 0.143. The first kappa shape index (κ1) is 12.0. The van der Waals surface area contributed by atoms with Crippen molar-refractivity contribution < 1.29 is 4.21 Å². The van der Waals surface area contributed by atoms with E-state index in [1.165, 1.54) is 0 Å². The van der Waals surface area contributed by atoms with Gasteiger partial charge in [0, 0.05) is 11.9 Å². The summed E-state index contributed by atoms with van der Waals surface area (Å²) in [5.74, 6) is 1.11. The summed E-state index contributed by atoms with van der Waals surface area (Å²) in [6.45, 7) is 0. The average molecular weight is 271 g/mol. The molecular weight excluding hydrogens is 258 g/mol. The van der Waals surface area contributed by atoms with Crippen LogP contribution < -0.4 is 0 Å². The van der Waals surface area contributed by atoms with Crippen molar-refractivity contribution >= 4 is 21.6 Å². The molecule has 0 N–H and O–H groups in total. The van der Waals surface area contributed by atoms with Gasteiger partial charge >= 0.3 is 0 Å². The Morgan fingerprint density at radius 3 is 2.68 bits per heavy atom. The molecule has 4 nitrogen and oxygen atoms in total. The number of hydrogen-bond donors (Lipinski definition) is 0. The Bertz CT molecular complexity index is 751. The van der Waals surface area contributed by atoms with Crippen LogP contribution in [0.1, 0.15) is 5.82 Å². The van der Waals surface area contributed by atoms with Gasteiger partial charge in [-0.2, -0.15) is 0 Å². The molecule has 0 bridgehead atoms. The first-order valence-electron chi connectivity index (χ1n) is 5.94. The zero-order valence-electron chi connectivity index (χ0n) is 10.5. The molecule has 0 saturated carbocycles. The number of aromatic nitrogens is 3. The summed E-state index contributed by atoms with van der Waals surface area (Å²) < 4.78 is 14.1. The normalized spacial score (nSPS) is 12.7. The Labute approximate surface area is 113 Å². The lowest BCUT2D eigenvalue weighted by Gasteiger charge is -2.04. The monoisotopic (exact) mass is 271 g/mol. The lowest BCUT2D eigenvalue weighted by atomic mass is 10.1. The summed E-state index contributed by atoms with van der Waals surface area (Å²) in [6.07, 6.45) is 1.62. The van der Waals surface area contributed by atoms with Crippen molar-refractivity contribution in [3.63, 3.8) is 0 Å². The van der Waals surface area contributed by atoms with E-state index in [-0.39, 0.29) is 0 Å². The molecule has 0 fully saturated rings. The van der Waals surface area contributed by atoms with Gasteiger partial charge < -0.3 is 4.57 Å². The molecule has 1 aromatic heterocycles. The summed E-state index contributed by atoms with van der Waals surface area (Å²) in [4.78, 5) is 0.821. The zero-order chi connectivity index (χ0) is 13.2. The minimum Gasteiger partial charge on any atom is -0.320 e. The second-order valence-electron chi connectivity index (χ2n) is 4.36. The van der Waals surface area contributed by atoms with Crippen molar-refractivity contribution in [2.75, 3.05) is 0 Å². The predicted octanol–water partition coefficient (Wildman–Crippen LogP) is 2.28. The summed E-state index contributed by atoms with van der Waals surface area (Å²) >= 11 is 0. The standard InChI is InChI=1S/C14H13N3OS/c1-17-10-15-16-14(17)9-19(18)13-7-6-11-4-2-3-5-12(11)8-13/h2-8,10H,9H2,1H3/t19-/m1/s1. The molecule has 0 spiro atoms. The van der Waals surface area contributed by atoms with Crippen LogP contribution in [0, 0.1) is 0 Å². The van der Waals surface area contributed by atoms with Crippen molar-refractivity contribution in [2.45, 2.75) is 10.6 Å². The largest absolute Gasteiger partial charge is 0.320 e. The predicted molar refractivity (Wildman–Crippen MR) is 75.1 cm³/mol. The quantitative estimate of drug-likeness (QED) is 0.734. The van der Waals surface area contributed by atoms with Crippen molar-refractivity contribution in [1.82, 2.24) is 14.8 Å². The van der Waals surface area contributed by atoms with Crippen molar-refractivity contribution in [1.29, 1.82) is 0 Å². The molecule has 5 heteroatoms. The minimum absolute atomic E-state index is 0.384. The van der Waals surface area contributed by atoms with Gasteiger partial charge in [-0.15, -0.1) is 10.2 Å². The molecule has 96 valence electrons. The fourth-order valence-electron chi connectivity index (χ4n) is 1.95. The highest BCUT2D eigenvalue weighted by atomic mass is 32.2. The van der Waals surface area contributed by atoms with E-state index < -0.39 is 10.8 Å². The molecule has 19 heavy (non-hydrogen) atoms. The Balaban J connectivity index is 1.91. The maximum atomic E-state index is 12.3. The lowest BCUT2D eigenvalue weighted by molar-refractivity contribution is 0.679. The number of benzene rings is 2. The summed E-state index contributed by atoms with van der Waals surface area (Å²) in [5, 5.41) is 10.0. The molecule has 2 aromatic carbocycles. The molecule has 0 saturated heterocycles. The van der Waals surface area contributed by atoms with Crippen LogP contribution in [0.5, 0.6) is 0 Å². The minimum atomic E-state index is -1.10. The zero-order valence-corrected chi connectivity index (χ0v) is 11.3. The molecule has 1 heterocycles. The molecule has 3 rings (SSSR count). The second-order valence-corrected chi connectivity index (χ2v) is 5.81. The summed E-state index contributed by atoms with van der Waals surface area (Å²) in [6, 6.07) is 13.9. The third-order valence-electron chi connectivity index (χ3n) is 3.05. The van der Waals surface area contributed by atoms with E-state index in [9.17, 15) is 4.21 Å². The molecule has 0 aliphatic heterocycles. The van der Waals surface area contributed by atoms with Gasteiger partial charge in [-0.1, -0.05) is 30.3 Å². The van der Waals surface area contributed by atoms with Crippen molar-refractivity contribution in [2.24, 2.45) is 7.05 Å². The van der Waals surface area contributed by atoms with Crippen LogP contribution in [0.15, 0.2) is 53.7 Å². The fourth-order valence-corrected chi connectivity index (χ4v) is 3.09. The van der Waals surface area contributed by atoms with Crippen molar-refractivity contribution in [3.8, 4) is 0 Å². The molecular formula is C14H13N3OS. The molecule has 3 aromatic rings. The highest BCUT2D eigenvalue weighted by molar-refractivity contribution is 7.84. The van der Waals surface area contributed by atoms with Gasteiger partial charge in [-0.3, -0.25) is 4.21 Å². The number of hydrogen-bond acceptors (Lipinski definition) is 3. The molecule has 0 radical (unpaired) electrons. The molecule has 0 amide bonds. The molecule has 0 unspecified atom stereocenters. The van der Waals surface area contributed by atoms with E-state index in [4.69, 9.17) is 0 Å². The van der Waals surface area contributed by atoms with Crippen LogP contribution in [-0.4, -0.2) is 19.0 Å². The summed E-state index contributed by atoms with van der Waals surface area (Å²) in [7, 11) is 0.752. The maximum Gasteiger partial charge on any atom is 0.145 e. The van der Waals surface area contributed by atoms with Gasteiger partial charge in [0.1, 0.15) is 12.2 Å². The lowest BCUT2D eigenvalue weighted by Crippen LogP contribution is -2.03. The maximum absolute atomic E-state index is 12.3. The van der Waals surface area contributed by atoms with E-state index in [1.807, 2.05) is 49.5 Å². The van der Waals surface area contributed by atoms with Crippen LogP contribution in [0.25, 0.3) is 10.8 Å². The molecule has 0 aliphatic carbocycles. The van der Waals surface area contributed by atoms with Crippen molar-refractivity contribution in [3.05, 3.63) is 54.6 Å². The Morgan fingerprint density at radius 2 is 1.95 bits per heavy atom. The van der Waals surface area contributed by atoms with Gasteiger partial charge in [-0.05, 0) is 22.9 Å².